The zero-order valence-electron chi connectivity index (χ0n) is 14.9. The molecular weight excluding hydrogens is 345 g/mol. The van der Waals surface area contributed by atoms with Crippen LogP contribution in [-0.4, -0.2) is 17.6 Å². The molecular formula is C22H20FNO3. The van der Waals surface area contributed by atoms with Gasteiger partial charge in [-0.1, -0.05) is 24.3 Å². The first-order valence-corrected chi connectivity index (χ1v) is 8.66. The predicted octanol–water partition coefficient (Wildman–Crippen LogP) is 5.34. The fourth-order valence-electron chi connectivity index (χ4n) is 2.74. The normalized spacial score (nSPS) is 10.4. The molecule has 4 nitrogen and oxygen atoms in total. The molecule has 0 amide bonds. The second-order valence-electron chi connectivity index (χ2n) is 6.04. The van der Waals surface area contributed by atoms with Gasteiger partial charge in [-0.25, -0.2) is 9.18 Å². The second kappa shape index (κ2) is 8.36. The summed E-state index contributed by atoms with van der Waals surface area (Å²) in [6.07, 6.45) is 0. The van der Waals surface area contributed by atoms with Crippen molar-refractivity contribution in [2.75, 3.05) is 11.4 Å². The van der Waals surface area contributed by atoms with E-state index in [1.165, 1.54) is 6.07 Å². The molecule has 0 unspecified atom stereocenters. The number of ether oxygens (including phenoxy) is 1. The van der Waals surface area contributed by atoms with Crippen molar-refractivity contribution < 1.29 is 19.0 Å². The Morgan fingerprint density at radius 2 is 1.67 bits per heavy atom. The van der Waals surface area contributed by atoms with E-state index >= 15 is 0 Å². The quantitative estimate of drug-likeness (QED) is 0.614. The van der Waals surface area contributed by atoms with Crippen LogP contribution in [-0.2, 0) is 6.54 Å². The lowest BCUT2D eigenvalue weighted by Crippen LogP contribution is -2.21. The summed E-state index contributed by atoms with van der Waals surface area (Å²) in [6, 6.07) is 20.6. The number of carbonyl (C=O) groups is 1. The number of carboxylic acids is 1. The number of halogens is 1. The Labute approximate surface area is 157 Å². The highest BCUT2D eigenvalue weighted by Crippen LogP contribution is 2.27. The maximum absolute atomic E-state index is 13.7. The number of para-hydroxylation sites is 1. The molecule has 3 aromatic rings. The fraction of sp³-hybridized carbons (Fsp3) is 0.136. The highest BCUT2D eigenvalue weighted by Gasteiger charge is 2.08. The Kier molecular flexibility index (Phi) is 5.71. The average Bonchev–Trinajstić information content (AvgIpc) is 2.69. The number of benzene rings is 3. The maximum atomic E-state index is 13.7. The van der Waals surface area contributed by atoms with Crippen LogP contribution in [0.5, 0.6) is 11.5 Å². The number of nitrogens with zero attached hydrogens (tertiary/aromatic N) is 1. The molecule has 3 rings (SSSR count). The van der Waals surface area contributed by atoms with E-state index in [4.69, 9.17) is 9.84 Å². The number of hydrogen-bond donors (Lipinski definition) is 1. The lowest BCUT2D eigenvalue weighted by atomic mass is 10.1. The molecule has 0 aliphatic rings. The average molecular weight is 365 g/mol. The lowest BCUT2D eigenvalue weighted by molar-refractivity contribution is 0.0697. The topological polar surface area (TPSA) is 49.8 Å². The smallest absolute Gasteiger partial charge is 0.335 e. The van der Waals surface area contributed by atoms with Gasteiger partial charge in [-0.05, 0) is 61.0 Å². The molecule has 0 atom stereocenters. The van der Waals surface area contributed by atoms with Crippen molar-refractivity contribution in [2.24, 2.45) is 0 Å². The van der Waals surface area contributed by atoms with E-state index in [1.807, 2.05) is 24.3 Å². The van der Waals surface area contributed by atoms with E-state index in [1.54, 1.807) is 42.5 Å². The third kappa shape index (κ3) is 4.64. The molecule has 0 heterocycles. The van der Waals surface area contributed by atoms with Gasteiger partial charge in [-0.2, -0.15) is 0 Å². The predicted molar refractivity (Wildman–Crippen MR) is 103 cm³/mol. The van der Waals surface area contributed by atoms with E-state index in [0.717, 1.165) is 17.8 Å². The molecule has 0 aliphatic carbocycles. The van der Waals surface area contributed by atoms with Crippen molar-refractivity contribution >= 4 is 11.7 Å². The minimum atomic E-state index is -0.931. The maximum Gasteiger partial charge on any atom is 0.335 e. The van der Waals surface area contributed by atoms with Crippen molar-refractivity contribution in [3.05, 3.63) is 89.7 Å². The summed E-state index contributed by atoms with van der Waals surface area (Å²) in [5, 5.41) is 8.98. The van der Waals surface area contributed by atoms with Crippen LogP contribution in [0.2, 0.25) is 0 Å². The molecule has 0 fully saturated rings. The van der Waals surface area contributed by atoms with Gasteiger partial charge in [-0.3, -0.25) is 0 Å². The summed E-state index contributed by atoms with van der Waals surface area (Å²) >= 11 is 0. The molecule has 0 aliphatic heterocycles. The second-order valence-corrected chi connectivity index (χ2v) is 6.04. The summed E-state index contributed by atoms with van der Waals surface area (Å²) < 4.78 is 19.3. The summed E-state index contributed by atoms with van der Waals surface area (Å²) in [7, 11) is 0. The van der Waals surface area contributed by atoms with Crippen molar-refractivity contribution in [2.45, 2.75) is 13.5 Å². The van der Waals surface area contributed by atoms with Crippen LogP contribution >= 0.6 is 0 Å². The van der Waals surface area contributed by atoms with Crippen LogP contribution in [0.25, 0.3) is 0 Å². The van der Waals surface area contributed by atoms with E-state index in [9.17, 15) is 9.18 Å². The minimum Gasteiger partial charge on any atom is -0.478 e. The van der Waals surface area contributed by atoms with Gasteiger partial charge in [-0.15, -0.1) is 0 Å². The molecule has 138 valence electrons. The van der Waals surface area contributed by atoms with Crippen LogP contribution in [0, 0.1) is 5.82 Å². The van der Waals surface area contributed by atoms with Crippen LogP contribution in [0.1, 0.15) is 22.8 Å². The summed E-state index contributed by atoms with van der Waals surface area (Å²) in [5.74, 6) is -0.581. The Hall–Kier alpha value is -3.34. The van der Waals surface area contributed by atoms with Gasteiger partial charge < -0.3 is 14.7 Å². The Balaban J connectivity index is 1.70. The molecule has 0 saturated carbocycles. The SMILES string of the molecule is CCN(Cc1ccc(C(=O)O)cc1)c1ccc(Oc2ccccc2F)cc1. The zero-order chi connectivity index (χ0) is 19.2. The van der Waals surface area contributed by atoms with Gasteiger partial charge in [0, 0.05) is 18.8 Å². The molecule has 1 N–H and O–H groups in total. The lowest BCUT2D eigenvalue weighted by Gasteiger charge is -2.23. The first-order valence-electron chi connectivity index (χ1n) is 8.66. The van der Waals surface area contributed by atoms with Crippen molar-refractivity contribution in [3.63, 3.8) is 0 Å². The van der Waals surface area contributed by atoms with Gasteiger partial charge in [0.15, 0.2) is 11.6 Å². The summed E-state index contributed by atoms with van der Waals surface area (Å²) in [4.78, 5) is 13.1. The fourth-order valence-corrected chi connectivity index (χ4v) is 2.74. The van der Waals surface area contributed by atoms with Crippen LogP contribution < -0.4 is 9.64 Å². The van der Waals surface area contributed by atoms with E-state index in [0.29, 0.717) is 12.3 Å². The first kappa shape index (κ1) is 18.5. The van der Waals surface area contributed by atoms with Crippen molar-refractivity contribution in [1.82, 2.24) is 0 Å². The Morgan fingerprint density at radius 3 is 2.26 bits per heavy atom. The third-order valence-corrected chi connectivity index (χ3v) is 4.22. The van der Waals surface area contributed by atoms with Crippen LogP contribution in [0.15, 0.2) is 72.8 Å². The number of carboxylic acid groups (broad SMARTS) is 1. The molecule has 0 bridgehead atoms. The van der Waals surface area contributed by atoms with Gasteiger partial charge >= 0.3 is 5.97 Å². The number of aromatic carboxylic acids is 1. The standard InChI is InChI=1S/C22H20FNO3/c1-2-24(15-16-7-9-17(10-8-16)22(25)26)18-11-13-19(14-12-18)27-21-6-4-3-5-20(21)23/h3-14H,2,15H2,1H3,(H,25,26). The molecule has 27 heavy (non-hydrogen) atoms. The van der Waals surface area contributed by atoms with Gasteiger partial charge in [0.1, 0.15) is 5.75 Å². The highest BCUT2D eigenvalue weighted by molar-refractivity contribution is 5.87. The molecule has 0 radical (unpaired) electrons. The van der Waals surface area contributed by atoms with Gasteiger partial charge in [0.25, 0.3) is 0 Å². The Morgan fingerprint density at radius 1 is 1.00 bits per heavy atom. The molecule has 5 heteroatoms. The largest absolute Gasteiger partial charge is 0.478 e. The highest BCUT2D eigenvalue weighted by atomic mass is 19.1. The van der Waals surface area contributed by atoms with Crippen molar-refractivity contribution in [3.8, 4) is 11.5 Å². The summed E-state index contributed by atoms with van der Waals surface area (Å²) in [5.41, 5.74) is 2.30. The monoisotopic (exact) mass is 365 g/mol. The molecule has 0 saturated heterocycles. The number of anilines is 1. The third-order valence-electron chi connectivity index (χ3n) is 4.22. The van der Waals surface area contributed by atoms with E-state index < -0.39 is 11.8 Å². The summed E-state index contributed by atoms with van der Waals surface area (Å²) in [6.45, 7) is 3.49. The van der Waals surface area contributed by atoms with E-state index in [-0.39, 0.29) is 11.3 Å². The first-order chi connectivity index (χ1) is 13.1. The molecule has 3 aromatic carbocycles. The Bertz CT molecular complexity index is 908. The van der Waals surface area contributed by atoms with E-state index in [2.05, 4.69) is 11.8 Å². The number of hydrogen-bond acceptors (Lipinski definition) is 3. The van der Waals surface area contributed by atoms with Gasteiger partial charge in [0.05, 0.1) is 5.56 Å². The minimum absolute atomic E-state index is 0.191. The molecule has 0 spiro atoms. The molecule has 0 aromatic heterocycles. The van der Waals surface area contributed by atoms with Crippen molar-refractivity contribution in [1.29, 1.82) is 0 Å². The van der Waals surface area contributed by atoms with Crippen LogP contribution in [0.4, 0.5) is 10.1 Å². The van der Waals surface area contributed by atoms with Gasteiger partial charge in [0.2, 0.25) is 0 Å². The zero-order valence-corrected chi connectivity index (χ0v) is 14.9. The van der Waals surface area contributed by atoms with Crippen LogP contribution in [0.3, 0.4) is 0 Å². The number of rotatable bonds is 7.